The zero-order chi connectivity index (χ0) is 88.6. The highest BCUT2D eigenvalue weighted by Crippen LogP contribution is 2.26. The third kappa shape index (κ3) is 36.8. The topological polar surface area (TPSA) is 437 Å². The minimum atomic E-state index is -0.904. The Kier molecular flexibility index (Phi) is 41.2. The highest BCUT2D eigenvalue weighted by atomic mass is 16.2. The molecule has 11 rings (SSSR count). The van der Waals surface area contributed by atoms with Gasteiger partial charge in [0, 0.05) is 52.4 Å². The minimum absolute atomic E-state index is 0.00896. The molecule has 11 aromatic carbocycles. The van der Waals surface area contributed by atoms with Crippen molar-refractivity contribution in [3.63, 3.8) is 0 Å². The first-order valence-electron chi connectivity index (χ1n) is 41.2. The Labute approximate surface area is 729 Å². The molecule has 0 saturated heterocycles. The van der Waals surface area contributed by atoms with E-state index >= 15 is 0 Å². The van der Waals surface area contributed by atoms with E-state index in [9.17, 15) is 39.3 Å². The molecule has 11 aromatic rings. The number of nitrogens with two attached hydrogens (primary N) is 5. The maximum absolute atomic E-state index is 13.3. The van der Waals surface area contributed by atoms with Crippen LogP contribution in [0.2, 0.25) is 27.3 Å². The molecule has 0 aliphatic carbocycles. The van der Waals surface area contributed by atoms with E-state index in [-0.39, 0.29) is 53.9 Å². The Morgan fingerprint density at radius 2 is 0.565 bits per heavy atom. The van der Waals surface area contributed by atoms with Crippen molar-refractivity contribution < 1.29 is 39.3 Å². The quantitative estimate of drug-likeness (QED) is 0.0101. The third-order valence-electron chi connectivity index (χ3n) is 19.0. The number of carbonyl (C=O) groups is 4. The summed E-state index contributed by atoms with van der Waals surface area (Å²) < 4.78 is 0. The fraction of sp³-hybridized carbons (Fsp3) is 0.213. The van der Waals surface area contributed by atoms with Gasteiger partial charge in [-0.1, -0.05) is 303 Å². The van der Waals surface area contributed by atoms with Crippen LogP contribution in [0.25, 0.3) is 0 Å². The number of amides is 5. The highest BCUT2D eigenvalue weighted by molar-refractivity contribution is 6.53. The Morgan fingerprint density at radius 3 is 0.855 bits per heavy atom. The molecule has 0 fully saturated rings. The van der Waals surface area contributed by atoms with Gasteiger partial charge in [0.15, 0.2) is 23.8 Å². The van der Waals surface area contributed by atoms with Gasteiger partial charge in [-0.15, -0.1) is 0 Å². The van der Waals surface area contributed by atoms with Crippen molar-refractivity contribution in [1.29, 1.82) is 0 Å². The average molecular weight is 1670 g/mol. The molecule has 30 heteroatoms. The summed E-state index contributed by atoms with van der Waals surface area (Å²) in [5, 5.41) is 63.8. The van der Waals surface area contributed by atoms with Crippen LogP contribution in [-0.2, 0) is 99.1 Å². The zero-order valence-corrected chi connectivity index (χ0v) is 70.7. The number of nitrogens with one attached hydrogen (secondary N) is 9. The number of hydrogen-bond donors (Lipinski definition) is 18. The highest BCUT2D eigenvalue weighted by Gasteiger charge is 2.25. The molecule has 26 nitrogen and oxygen atoms in total. The third-order valence-corrected chi connectivity index (χ3v) is 19.0. The second-order valence-corrected chi connectivity index (χ2v) is 29.4. The Morgan fingerprint density at radius 1 is 0.315 bits per heavy atom. The maximum atomic E-state index is 13.3. The number of benzene rings is 11. The molecule has 640 valence electrons. The number of urea groups is 1. The van der Waals surface area contributed by atoms with Crippen LogP contribution in [0.4, 0.5) is 4.79 Å². The van der Waals surface area contributed by atoms with E-state index in [1.807, 2.05) is 291 Å². The molecule has 0 bridgehead atoms. The van der Waals surface area contributed by atoms with Gasteiger partial charge in [-0.2, -0.15) is 0 Å². The van der Waals surface area contributed by atoms with E-state index in [4.69, 9.17) is 28.7 Å². The molecule has 3 atom stereocenters. The first-order chi connectivity index (χ1) is 60.0. The largest absolute Gasteiger partial charge is 0.433 e. The van der Waals surface area contributed by atoms with Crippen LogP contribution in [-0.4, -0.2) is 95.9 Å². The average Bonchev–Trinajstić information content (AvgIpc) is 0.842. The summed E-state index contributed by atoms with van der Waals surface area (Å²) in [6.07, 6.45) is 1.90. The summed E-state index contributed by atoms with van der Waals surface area (Å²) in [7, 11) is -3.31. The van der Waals surface area contributed by atoms with Gasteiger partial charge in [0.05, 0.1) is 30.8 Å². The van der Waals surface area contributed by atoms with E-state index < -0.39 is 34.2 Å². The van der Waals surface area contributed by atoms with Crippen LogP contribution in [0.15, 0.2) is 323 Å². The molecule has 0 radical (unpaired) electrons. The number of nitrogens with zero attached hydrogens (tertiary/aromatic N) is 4. The van der Waals surface area contributed by atoms with Crippen molar-refractivity contribution >= 4 is 75.8 Å². The van der Waals surface area contributed by atoms with Crippen molar-refractivity contribution in [3.05, 3.63) is 392 Å². The van der Waals surface area contributed by atoms with Gasteiger partial charge < -0.3 is 91.1 Å². The minimum Gasteiger partial charge on any atom is -0.433 e. The molecular formula is C94H114B4N18O8. The molecule has 0 heterocycles. The van der Waals surface area contributed by atoms with E-state index in [1.54, 1.807) is 20.5 Å². The number of guanidine groups is 4. The predicted octanol–water partition coefficient (Wildman–Crippen LogP) is 9.19. The van der Waals surface area contributed by atoms with Crippen LogP contribution in [0.3, 0.4) is 0 Å². The van der Waals surface area contributed by atoms with Crippen molar-refractivity contribution in [2.75, 3.05) is 0 Å². The summed E-state index contributed by atoms with van der Waals surface area (Å²) in [5.41, 5.74) is 44.2. The van der Waals surface area contributed by atoms with E-state index in [1.165, 1.54) is 6.82 Å². The van der Waals surface area contributed by atoms with Gasteiger partial charge in [-0.3, -0.25) is 29.5 Å². The second-order valence-electron chi connectivity index (χ2n) is 29.4. The Bertz CT molecular complexity index is 5170. The first-order valence-corrected chi connectivity index (χ1v) is 41.2. The number of aliphatic imine (C=N–C) groups is 2. The van der Waals surface area contributed by atoms with E-state index in [0.29, 0.717) is 90.1 Å². The molecule has 3 unspecified atom stereocenters. The monoisotopic (exact) mass is 1670 g/mol. The standard InChI is InChI=1S/C33H36N6O2.C26H32B2N4O3.C24H26N4O.C11H20B2N4O2/c34-20-25-11-7-12-26(17-25)23-38-33(41)39-32(35)37-22-28-14-8-13-27(18-28)21-36-31(40)30(29-15-5-2-6-16-29)19-24-9-3-1-4-10-24;1-27(34)31-26(32-28(2)35)30-19-22-13-9-12-21(16-22)18-29-25(33)24(23-14-7-4-8-15-23)17-20-10-5-3-6-11-20;25-24(26)28-17-20-11-7-10-19(14-20)16-27-23(29)22(21-12-5-2-6-13-21)15-18-8-3-1-4-9-18;1-12(18)16-11(17-13(2)19)15-8-10-5-3-4-9(6-10)7-14/h1-18,30H,19-23,34H2,(H,36,40)(H4,35,37,38,39,41);3-16,24,34-35H,17-19H2,1-2H3,(H,29,33)(H2,30,31,32);1-14,22H,15-17H2,(H,27,29)(H4,25,26,28);3-6,18-19H,7-8,14H2,1-2H3,(H2,15,16,17). The molecule has 0 spiro atoms. The van der Waals surface area contributed by atoms with Crippen LogP contribution >= 0.6 is 0 Å². The second kappa shape index (κ2) is 53.2. The van der Waals surface area contributed by atoms with Crippen LogP contribution in [0.1, 0.15) is 107 Å². The number of rotatable bonds is 34. The summed E-state index contributed by atoms with van der Waals surface area (Å²) in [6.45, 7) is 10.4. The molecule has 124 heavy (non-hydrogen) atoms. The van der Waals surface area contributed by atoms with E-state index in [0.717, 1.165) is 89.0 Å². The molecule has 0 aromatic heterocycles. The summed E-state index contributed by atoms with van der Waals surface area (Å²) in [5.74, 6) is -0.128. The van der Waals surface area contributed by atoms with Gasteiger partial charge in [-0.25, -0.2) is 14.8 Å². The van der Waals surface area contributed by atoms with Gasteiger partial charge >= 0.3 is 34.2 Å². The lowest BCUT2D eigenvalue weighted by Crippen LogP contribution is -2.45. The van der Waals surface area contributed by atoms with Crippen LogP contribution in [0, 0.1) is 0 Å². The van der Waals surface area contributed by atoms with E-state index in [2.05, 4.69) is 79.6 Å². The van der Waals surface area contributed by atoms with Gasteiger partial charge in [0.25, 0.3) is 0 Å². The molecule has 5 amide bonds. The molecule has 23 N–H and O–H groups in total. The fourth-order valence-electron chi connectivity index (χ4n) is 13.0. The maximum Gasteiger partial charge on any atom is 0.431 e. The van der Waals surface area contributed by atoms with Gasteiger partial charge in [0.2, 0.25) is 17.7 Å². The normalized spacial score (nSPS) is 11.7. The molecule has 0 aliphatic heterocycles. The molecular weight excluding hydrogens is 1550 g/mol. The lowest BCUT2D eigenvalue weighted by molar-refractivity contribution is -0.123. The summed E-state index contributed by atoms with van der Waals surface area (Å²) in [4.78, 5) is 68.1. The first kappa shape index (κ1) is 95.9. The zero-order valence-electron chi connectivity index (χ0n) is 70.7. The van der Waals surface area contributed by atoms with Crippen molar-refractivity contribution in [2.24, 2.45) is 48.5 Å². The Hall–Kier alpha value is -13.6. The molecule has 0 saturated carbocycles. The predicted molar refractivity (Wildman–Crippen MR) is 502 cm³/mol. The Balaban J connectivity index is 0.000000212. The summed E-state index contributed by atoms with van der Waals surface area (Å²) in [6, 6.07) is 98.4. The lowest BCUT2D eigenvalue weighted by atomic mass is 9.88. The van der Waals surface area contributed by atoms with Crippen molar-refractivity contribution in [2.45, 2.75) is 130 Å². The summed E-state index contributed by atoms with van der Waals surface area (Å²) >= 11 is 0. The van der Waals surface area contributed by atoms with Crippen molar-refractivity contribution in [3.8, 4) is 0 Å². The smallest absolute Gasteiger partial charge is 0.431 e. The van der Waals surface area contributed by atoms with Gasteiger partial charge in [0.1, 0.15) is 0 Å². The lowest BCUT2D eigenvalue weighted by Gasteiger charge is -2.18. The SMILES string of the molecule is CB(O)N=C(NCc1cccc(CN)c1)NB(C)O.CB(O)N=C(NCc1cccc(CNC(=O)C(Cc2ccccc2)c2ccccc2)c1)NB(C)O.NC(N)=NCc1cccc(CNC(=O)C(Cc2ccccc2)c2ccccc2)c1.NCc1cccc(CNC(=O)NC(N)=NCc2cccc(CNC(=O)C(Cc3ccccc3)c3ccccc3)c2)c1. The number of carbonyl (C=O) groups excluding carboxylic acids is 4. The van der Waals surface area contributed by atoms with Crippen LogP contribution < -0.4 is 76.3 Å². The van der Waals surface area contributed by atoms with Crippen LogP contribution in [0.5, 0.6) is 0 Å². The fourth-order valence-corrected chi connectivity index (χ4v) is 13.0. The number of hydrogen-bond acceptors (Lipinski definition) is 14. The molecule has 0 aliphatic rings. The van der Waals surface area contributed by atoms with Gasteiger partial charge in [-0.05, 0) is 136 Å². The van der Waals surface area contributed by atoms with Crippen molar-refractivity contribution in [1.82, 2.24) is 47.7 Å².